The van der Waals surface area contributed by atoms with Crippen LogP contribution in [-0.2, 0) is 85.6 Å². The molecule has 5 saturated carbocycles. The lowest BCUT2D eigenvalue weighted by Gasteiger charge is -2.52. The van der Waals surface area contributed by atoms with Gasteiger partial charge in [0.05, 0.1) is 79.4 Å². The van der Waals surface area contributed by atoms with Crippen molar-refractivity contribution in [3.63, 3.8) is 0 Å². The molecule has 39 heteroatoms. The molecule has 0 spiro atoms. The van der Waals surface area contributed by atoms with Gasteiger partial charge in [-0.15, -0.1) is 0 Å². The van der Waals surface area contributed by atoms with Crippen LogP contribution in [0.5, 0.6) is 0 Å². The predicted octanol–water partition coefficient (Wildman–Crippen LogP) is -8.66. The maximum Gasteiger partial charge on any atom is 0.330 e. The van der Waals surface area contributed by atoms with Crippen molar-refractivity contribution in [3.05, 3.63) is 36.5 Å². The van der Waals surface area contributed by atoms with Crippen LogP contribution < -0.4 is 0 Å². The molecule has 5 saturated heterocycles. The lowest BCUT2D eigenvalue weighted by Crippen LogP contribution is -2.63. The first kappa shape index (κ1) is 85.8. The smallest absolute Gasteiger partial charge is 0.330 e. The quantitative estimate of drug-likeness (QED) is 0.0175. The summed E-state index contributed by atoms with van der Waals surface area (Å²) in [5, 5.41) is 227. The number of carbonyl (C=O) groups excluding carboxylic acids is 4. The molecular weight excluding hydrogens is 1450 g/mol. The highest BCUT2D eigenvalue weighted by Gasteiger charge is 2.57. The standard InChI is InChI=1S/C69H104O39/c70-32-7-1-26(13-35(32)73)4-10-48(79)97-23-44-54(85)58(89)62(93)67(106-44)102-39-9-3-28(15-37(39)75)6-12-50(81)96-22-43-53(84)57(88)61(92)66(105-43)100-30-18-34(72)31-20-42(104-69-64(95)60(91)56(87)46(108-69)25-99-51(82)21-47(77)78)65(101-40(31)19-30)29-16-38(76)52(83)41(17-29)103-68-63(94)59(90)55(86)45(107-68)24-98-49(80)11-5-27-2-8-33(71)36(74)14-27/h4-6,10-12,26-46,52-76,83-95H,1-3,7-9,13-25H2,(H,77,78). The number of fused-ring (bicyclic) bond motifs is 1. The van der Waals surface area contributed by atoms with Crippen LogP contribution in [0.25, 0.3) is 0 Å². The number of carboxylic acid groups (broad SMARTS) is 1. The predicted molar refractivity (Wildman–Crippen MR) is 349 cm³/mol. The Morgan fingerprint density at radius 1 is 0.324 bits per heavy atom. The van der Waals surface area contributed by atoms with Crippen molar-refractivity contribution in [1.29, 1.82) is 0 Å². The summed E-state index contributed by atoms with van der Waals surface area (Å²) in [6.45, 7) is -2.82. The highest BCUT2D eigenvalue weighted by Crippen LogP contribution is 2.46. The molecule has 614 valence electrons. The van der Waals surface area contributed by atoms with E-state index in [2.05, 4.69) is 0 Å². The van der Waals surface area contributed by atoms with Crippen LogP contribution in [0.1, 0.15) is 96.3 Å². The van der Waals surface area contributed by atoms with Crippen molar-refractivity contribution in [2.24, 2.45) is 29.6 Å². The first-order chi connectivity index (χ1) is 51.2. The van der Waals surface area contributed by atoms with Gasteiger partial charge in [-0.25, -0.2) is 14.4 Å². The van der Waals surface area contributed by atoms with Gasteiger partial charge in [-0.1, -0.05) is 18.2 Å². The van der Waals surface area contributed by atoms with Gasteiger partial charge in [0.2, 0.25) is 0 Å². The van der Waals surface area contributed by atoms with Crippen molar-refractivity contribution in [2.75, 3.05) is 26.4 Å². The lowest BCUT2D eigenvalue weighted by atomic mass is 9.72. The highest BCUT2D eigenvalue weighted by atomic mass is 16.7. The van der Waals surface area contributed by atoms with Crippen LogP contribution in [0, 0.1) is 29.6 Å². The highest BCUT2D eigenvalue weighted by molar-refractivity contribution is 5.90. The Morgan fingerprint density at radius 3 is 1.13 bits per heavy atom. The van der Waals surface area contributed by atoms with E-state index in [1.165, 1.54) is 18.2 Å². The van der Waals surface area contributed by atoms with Gasteiger partial charge >= 0.3 is 29.8 Å². The number of aliphatic hydroxyl groups is 20. The van der Waals surface area contributed by atoms with Crippen molar-refractivity contribution in [3.8, 4) is 0 Å². The number of aliphatic carboxylic acids is 1. The number of hydrogen-bond donors (Lipinski definition) is 21. The van der Waals surface area contributed by atoms with Crippen LogP contribution in [-0.4, -0.2) is 372 Å². The summed E-state index contributed by atoms with van der Waals surface area (Å²) in [6.07, 6.45) is -45.4. The fraction of sp³-hybridized carbons (Fsp3) is 0.841. The van der Waals surface area contributed by atoms with Crippen molar-refractivity contribution in [2.45, 2.75) is 305 Å². The van der Waals surface area contributed by atoms with Crippen LogP contribution in [0.2, 0.25) is 0 Å². The number of ether oxygens (including phenoxy) is 13. The molecule has 5 aliphatic heterocycles. The second-order valence-corrected chi connectivity index (χ2v) is 30.0. The number of carboxylic acids is 1. The average Bonchev–Trinajstić information content (AvgIpc) is 0.764. The molecule has 0 aromatic carbocycles. The topological polar surface area (TPSA) is 630 Å². The fourth-order valence-corrected chi connectivity index (χ4v) is 15.8. The number of esters is 4. The molecule has 0 amide bonds. The number of rotatable bonds is 25. The maximum absolute atomic E-state index is 13.2. The van der Waals surface area contributed by atoms with Gasteiger partial charge in [0.1, 0.15) is 137 Å². The van der Waals surface area contributed by atoms with E-state index in [9.17, 15) is 126 Å². The van der Waals surface area contributed by atoms with Gasteiger partial charge in [0, 0.05) is 37.0 Å². The van der Waals surface area contributed by atoms with E-state index in [1.807, 2.05) is 0 Å². The van der Waals surface area contributed by atoms with E-state index < -0.39 is 289 Å². The molecule has 39 nitrogen and oxygen atoms in total. The van der Waals surface area contributed by atoms with E-state index in [1.54, 1.807) is 0 Å². The van der Waals surface area contributed by atoms with E-state index in [4.69, 9.17) is 66.7 Å². The Labute approximate surface area is 617 Å². The summed E-state index contributed by atoms with van der Waals surface area (Å²) < 4.78 is 75.4. The van der Waals surface area contributed by atoms with Crippen molar-refractivity contribution >= 4 is 29.8 Å². The lowest BCUT2D eigenvalue weighted by molar-refractivity contribution is -0.342. The third kappa shape index (κ3) is 21.6. The molecule has 0 aromatic rings. The zero-order valence-corrected chi connectivity index (χ0v) is 58.7. The normalized spacial score (nSPS) is 46.9. The Balaban J connectivity index is 0.752. The fourth-order valence-electron chi connectivity index (χ4n) is 15.8. The molecule has 5 heterocycles. The number of aliphatic hydroxyl groups excluding tert-OH is 20. The van der Waals surface area contributed by atoms with Crippen LogP contribution in [0.15, 0.2) is 36.5 Å². The molecule has 108 heavy (non-hydrogen) atoms. The molecule has 5 aliphatic carbocycles. The van der Waals surface area contributed by atoms with Gasteiger partial charge in [-0.3, -0.25) is 9.59 Å². The summed E-state index contributed by atoms with van der Waals surface area (Å²) in [4.78, 5) is 61.9. The second kappa shape index (κ2) is 38.5. The van der Waals surface area contributed by atoms with Gasteiger partial charge in [-0.05, 0) is 101 Å². The monoisotopic (exact) mass is 1560 g/mol. The SMILES string of the molecule is O=C(O)CC(=O)OCC1OC(OC2CC3C(O)CC(OC4OC(COC(=O)C=CC5CCC(OC6OC(COC(=O)C=CC7CCC(O)C(O)C7)C(O)C(O)C6O)C(O)C5)C(O)C(O)C4O)CC3OC2C2CC(O)C(O)C(OC3OC(COC(=O)C=CC4CCC(O)C(O)C4)C(O)C(O)C3O)C2)C(O)C(O)C1O. The zero-order chi connectivity index (χ0) is 78.3. The Kier molecular flexibility index (Phi) is 30.6. The molecule has 21 N–H and O–H groups in total. The first-order valence-corrected chi connectivity index (χ1v) is 36.6. The summed E-state index contributed by atoms with van der Waals surface area (Å²) >= 11 is 0. The molecule has 10 aliphatic rings. The van der Waals surface area contributed by atoms with Crippen molar-refractivity contribution < 1.29 is 193 Å². The molecule has 0 aromatic heterocycles. The van der Waals surface area contributed by atoms with Crippen LogP contribution in [0.3, 0.4) is 0 Å². The summed E-state index contributed by atoms with van der Waals surface area (Å²) in [7, 11) is 0. The van der Waals surface area contributed by atoms with E-state index >= 15 is 0 Å². The van der Waals surface area contributed by atoms with E-state index in [-0.39, 0.29) is 69.6 Å². The minimum Gasteiger partial charge on any atom is -0.481 e. The summed E-state index contributed by atoms with van der Waals surface area (Å²) in [5.41, 5.74) is 0. The van der Waals surface area contributed by atoms with E-state index in [0.29, 0.717) is 32.1 Å². The van der Waals surface area contributed by atoms with Crippen molar-refractivity contribution in [1.82, 2.24) is 0 Å². The Morgan fingerprint density at radius 2 is 0.713 bits per heavy atom. The largest absolute Gasteiger partial charge is 0.481 e. The minimum atomic E-state index is -2.05. The number of hydrogen-bond acceptors (Lipinski definition) is 38. The number of allylic oxidation sites excluding steroid dienone is 3. The molecule has 0 bridgehead atoms. The zero-order valence-electron chi connectivity index (χ0n) is 58.7. The molecule has 10 rings (SSSR count). The molecule has 39 unspecified atom stereocenters. The van der Waals surface area contributed by atoms with Crippen LogP contribution in [0.4, 0.5) is 0 Å². The molecule has 0 radical (unpaired) electrons. The van der Waals surface area contributed by atoms with Crippen LogP contribution >= 0.6 is 0 Å². The third-order valence-electron chi connectivity index (χ3n) is 22.2. The second-order valence-electron chi connectivity index (χ2n) is 30.0. The molecule has 10 fully saturated rings. The third-order valence-corrected chi connectivity index (χ3v) is 22.2. The Hall–Kier alpha value is -4.59. The van der Waals surface area contributed by atoms with E-state index in [0.717, 1.165) is 18.2 Å². The van der Waals surface area contributed by atoms with Gasteiger partial charge in [0.25, 0.3) is 0 Å². The average molecular weight is 1560 g/mol. The van der Waals surface area contributed by atoms with Gasteiger partial charge in [0.15, 0.2) is 25.2 Å². The molecular formula is C69H104O39. The first-order valence-electron chi connectivity index (χ1n) is 36.6. The summed E-state index contributed by atoms with van der Waals surface area (Å²) in [6, 6.07) is 0. The number of carbonyl (C=O) groups is 5. The van der Waals surface area contributed by atoms with Gasteiger partial charge in [-0.2, -0.15) is 0 Å². The molecule has 39 atom stereocenters. The Bertz CT molecular complexity index is 3020. The van der Waals surface area contributed by atoms with Gasteiger partial charge < -0.3 is 169 Å². The minimum absolute atomic E-state index is 0.00806. The maximum atomic E-state index is 13.2. The summed E-state index contributed by atoms with van der Waals surface area (Å²) in [5.74, 6) is -8.33.